The van der Waals surface area contributed by atoms with Crippen molar-refractivity contribution >= 4 is 22.6 Å². The van der Waals surface area contributed by atoms with Crippen molar-refractivity contribution < 1.29 is 0 Å². The van der Waals surface area contributed by atoms with Gasteiger partial charge in [0.2, 0.25) is 0 Å². The van der Waals surface area contributed by atoms with Crippen molar-refractivity contribution in [1.29, 1.82) is 5.26 Å². The summed E-state index contributed by atoms with van der Waals surface area (Å²) >= 11 is 0. The van der Waals surface area contributed by atoms with Crippen LogP contribution in [-0.2, 0) is 10.8 Å². The minimum absolute atomic E-state index is 0.316. The molecule has 0 saturated carbocycles. The Morgan fingerprint density at radius 1 is 0.542 bits per heavy atom. The van der Waals surface area contributed by atoms with Crippen molar-refractivity contribution in [3.05, 3.63) is 261 Å². The first-order valence-electron chi connectivity index (χ1n) is 20.9. The number of hydrogen-bond donors (Lipinski definition) is 0. The van der Waals surface area contributed by atoms with Gasteiger partial charge in [-0.05, 0) is 140 Å². The maximum absolute atomic E-state index is 9.88. The van der Waals surface area contributed by atoms with E-state index in [9.17, 15) is 5.26 Å². The number of hydrogen-bond acceptors (Lipinski definition) is 2. The summed E-state index contributed by atoms with van der Waals surface area (Å²) in [7, 11) is 0. The summed E-state index contributed by atoms with van der Waals surface area (Å²) in [6, 6.07) is 65.0. The molecule has 12 rings (SSSR count). The first-order valence-corrected chi connectivity index (χ1v) is 20.9. The number of allylic oxidation sites excluding steroid dienone is 8. The number of nitrogens with zero attached hydrogens (tertiary/aromatic N) is 2. The molecule has 2 unspecified atom stereocenters. The van der Waals surface area contributed by atoms with Gasteiger partial charge in [0, 0.05) is 23.0 Å². The second-order valence-electron chi connectivity index (χ2n) is 16.5. The Labute approximate surface area is 346 Å². The normalized spacial score (nSPS) is 19.6. The van der Waals surface area contributed by atoms with E-state index in [1.807, 2.05) is 12.1 Å². The maximum Gasteiger partial charge on any atom is 0.0991 e. The molecule has 0 N–H and O–H groups in total. The third kappa shape index (κ3) is 4.56. The Morgan fingerprint density at radius 2 is 1.15 bits per heavy atom. The van der Waals surface area contributed by atoms with Gasteiger partial charge >= 0.3 is 0 Å². The quantitative estimate of drug-likeness (QED) is 0.175. The standard InChI is InChI=1S/C57H40N2/c58-37-38-27-29-41(30-28-38)59(42-31-33-48-46-21-7-11-23-50(46)56(54(48)35-42,39-15-3-1-4-16-39)40-17-5-2-6-18-40)43-32-34-49-47-22-10-14-26-53(47)57(55(49)36-43)51-24-12-8-19-44(51)45-20-9-13-25-52(45)57/h1-13,15-19,21-25,27-36,45H,14,20,26H2. The zero-order valence-electron chi connectivity index (χ0n) is 32.6. The number of rotatable bonds is 5. The molecule has 278 valence electrons. The smallest absolute Gasteiger partial charge is 0.0991 e. The van der Waals surface area contributed by atoms with Gasteiger partial charge in [-0.3, -0.25) is 0 Å². The minimum Gasteiger partial charge on any atom is -0.310 e. The van der Waals surface area contributed by atoms with Gasteiger partial charge in [-0.25, -0.2) is 0 Å². The van der Waals surface area contributed by atoms with E-state index in [1.165, 1.54) is 66.8 Å². The van der Waals surface area contributed by atoms with Gasteiger partial charge < -0.3 is 4.90 Å². The van der Waals surface area contributed by atoms with Crippen molar-refractivity contribution in [3.63, 3.8) is 0 Å². The number of benzene rings is 7. The van der Waals surface area contributed by atoms with E-state index in [2.05, 4.69) is 199 Å². The molecular formula is C57H40N2. The van der Waals surface area contributed by atoms with E-state index < -0.39 is 5.41 Å². The first kappa shape index (κ1) is 33.9. The van der Waals surface area contributed by atoms with Crippen molar-refractivity contribution in [2.24, 2.45) is 0 Å². The molecule has 59 heavy (non-hydrogen) atoms. The maximum atomic E-state index is 9.88. The largest absolute Gasteiger partial charge is 0.310 e. The first-order chi connectivity index (χ1) is 29.2. The van der Waals surface area contributed by atoms with E-state index in [0.717, 1.165) is 36.3 Å². The van der Waals surface area contributed by atoms with E-state index in [0.29, 0.717) is 11.5 Å². The molecule has 1 spiro atoms. The fourth-order valence-corrected chi connectivity index (χ4v) is 11.6. The molecule has 0 radical (unpaired) electrons. The Morgan fingerprint density at radius 3 is 1.88 bits per heavy atom. The number of nitriles is 1. The predicted molar refractivity (Wildman–Crippen MR) is 240 cm³/mol. The van der Waals surface area contributed by atoms with Gasteiger partial charge in [-0.2, -0.15) is 5.26 Å². The van der Waals surface area contributed by atoms with Crippen LogP contribution in [0.4, 0.5) is 17.1 Å². The summed E-state index contributed by atoms with van der Waals surface area (Å²) in [4.78, 5) is 2.42. The fourth-order valence-electron chi connectivity index (χ4n) is 11.6. The molecule has 7 aromatic carbocycles. The van der Waals surface area contributed by atoms with Gasteiger partial charge in [0.1, 0.15) is 0 Å². The molecule has 0 bridgehead atoms. The van der Waals surface area contributed by atoms with Crippen LogP contribution < -0.4 is 4.90 Å². The fraction of sp³-hybridized carbons (Fsp3) is 0.105. The Balaban J connectivity index is 1.12. The highest BCUT2D eigenvalue weighted by molar-refractivity contribution is 5.95. The molecule has 0 aromatic heterocycles. The van der Waals surface area contributed by atoms with Gasteiger partial charge in [-0.15, -0.1) is 0 Å². The average molecular weight is 753 g/mol. The molecule has 5 aliphatic rings. The van der Waals surface area contributed by atoms with Gasteiger partial charge in [0.15, 0.2) is 0 Å². The van der Waals surface area contributed by atoms with Crippen LogP contribution in [0.2, 0.25) is 0 Å². The van der Waals surface area contributed by atoms with Crippen LogP contribution in [0.1, 0.15) is 75.3 Å². The summed E-state index contributed by atoms with van der Waals surface area (Å²) in [6.07, 6.45) is 14.9. The van der Waals surface area contributed by atoms with Crippen LogP contribution in [0.25, 0.3) is 16.7 Å². The lowest BCUT2D eigenvalue weighted by atomic mass is 9.66. The Hall–Kier alpha value is -7.21. The zero-order valence-corrected chi connectivity index (χ0v) is 32.6. The third-order valence-electron chi connectivity index (χ3n) is 13.9. The average Bonchev–Trinajstić information content (AvgIpc) is 3.90. The number of anilines is 3. The molecule has 0 amide bonds. The topological polar surface area (TPSA) is 27.0 Å². The van der Waals surface area contributed by atoms with Crippen LogP contribution in [0, 0.1) is 11.3 Å². The third-order valence-corrected chi connectivity index (χ3v) is 13.9. The van der Waals surface area contributed by atoms with Crippen LogP contribution in [0.3, 0.4) is 0 Å². The highest BCUT2D eigenvalue weighted by atomic mass is 15.1. The second kappa shape index (κ2) is 12.9. The molecule has 5 aliphatic carbocycles. The molecular weight excluding hydrogens is 713 g/mol. The highest BCUT2D eigenvalue weighted by Crippen LogP contribution is 2.66. The van der Waals surface area contributed by atoms with Gasteiger partial charge in [0.05, 0.1) is 22.5 Å². The summed E-state index contributed by atoms with van der Waals surface area (Å²) in [5.41, 5.74) is 20.6. The Kier molecular flexibility index (Phi) is 7.41. The SMILES string of the molecule is N#Cc1ccc(N(c2ccc3c(c2)C2(C4=CC=CCC4c4ccccc42)C2=C3C=CCC2)c2ccc3c(c2)C(c2ccccc2)(c2ccccc2)c2ccccc2-3)cc1. The predicted octanol–water partition coefficient (Wildman–Crippen LogP) is 13.8. The summed E-state index contributed by atoms with van der Waals surface area (Å²) in [5, 5.41) is 9.88. The van der Waals surface area contributed by atoms with Gasteiger partial charge in [-0.1, -0.05) is 152 Å². The van der Waals surface area contributed by atoms with Crippen molar-refractivity contribution in [2.45, 2.75) is 36.0 Å². The highest BCUT2D eigenvalue weighted by Gasteiger charge is 2.56. The summed E-state index contributed by atoms with van der Waals surface area (Å²) in [6.45, 7) is 0. The second-order valence-corrected chi connectivity index (χ2v) is 16.5. The van der Waals surface area contributed by atoms with Crippen LogP contribution in [0.15, 0.2) is 211 Å². The molecule has 2 atom stereocenters. The molecule has 0 aliphatic heterocycles. The minimum atomic E-state index is -0.526. The van der Waals surface area contributed by atoms with Crippen LogP contribution >= 0.6 is 0 Å². The van der Waals surface area contributed by atoms with Crippen LogP contribution in [-0.4, -0.2) is 0 Å². The summed E-state index contributed by atoms with van der Waals surface area (Å²) < 4.78 is 0. The van der Waals surface area contributed by atoms with E-state index in [4.69, 9.17) is 0 Å². The van der Waals surface area contributed by atoms with Gasteiger partial charge in [0.25, 0.3) is 0 Å². The molecule has 0 fully saturated rings. The molecule has 2 nitrogen and oxygen atoms in total. The molecule has 7 aromatic rings. The number of fused-ring (bicyclic) bond motifs is 12. The lowest BCUT2D eigenvalue weighted by molar-refractivity contribution is 0.662. The molecule has 2 heteroatoms. The van der Waals surface area contributed by atoms with E-state index in [1.54, 1.807) is 5.57 Å². The molecule has 0 saturated heterocycles. The van der Waals surface area contributed by atoms with Crippen molar-refractivity contribution in [1.82, 2.24) is 0 Å². The zero-order chi connectivity index (χ0) is 39.1. The van der Waals surface area contributed by atoms with E-state index >= 15 is 0 Å². The van der Waals surface area contributed by atoms with Crippen molar-refractivity contribution in [2.75, 3.05) is 4.90 Å². The van der Waals surface area contributed by atoms with Crippen LogP contribution in [0.5, 0.6) is 0 Å². The van der Waals surface area contributed by atoms with Crippen molar-refractivity contribution in [3.8, 4) is 17.2 Å². The monoisotopic (exact) mass is 752 g/mol. The molecule has 0 heterocycles. The Bertz CT molecular complexity index is 2990. The lowest BCUT2D eigenvalue weighted by Crippen LogP contribution is -2.29. The van der Waals surface area contributed by atoms with E-state index in [-0.39, 0.29) is 5.41 Å². The lowest BCUT2D eigenvalue weighted by Gasteiger charge is -2.36. The summed E-state index contributed by atoms with van der Waals surface area (Å²) in [5.74, 6) is 0.363.